The minimum Gasteiger partial charge on any atom is -0.440 e. The molecule has 0 aromatic heterocycles. The molecule has 1 nitrogen and oxygen atoms in total. The summed E-state index contributed by atoms with van der Waals surface area (Å²) in [4.78, 5) is 1.43. The second kappa shape index (κ2) is 6.18. The maximum absolute atomic E-state index is 5.92. The Morgan fingerprint density at radius 2 is 1.37 bits per heavy atom. The lowest BCUT2D eigenvalue weighted by Gasteiger charge is -2.20. The summed E-state index contributed by atoms with van der Waals surface area (Å²) in [6, 6.07) is 20.6. The van der Waals surface area contributed by atoms with Crippen molar-refractivity contribution < 1.29 is 4.52 Å². The molecule has 0 bridgehead atoms. The van der Waals surface area contributed by atoms with Crippen LogP contribution in [0.15, 0.2) is 60.7 Å². The lowest BCUT2D eigenvalue weighted by atomic mass is 10.2. The van der Waals surface area contributed by atoms with Gasteiger partial charge < -0.3 is 4.52 Å². The molecule has 0 radical (unpaired) electrons. The zero-order valence-corrected chi connectivity index (χ0v) is 13.5. The van der Waals surface area contributed by atoms with Crippen molar-refractivity contribution in [1.29, 1.82) is 0 Å². The van der Waals surface area contributed by atoms with E-state index in [9.17, 15) is 0 Å². The average Bonchev–Trinajstić information content (AvgIpc) is 2.40. The van der Waals surface area contributed by atoms with Gasteiger partial charge in [0.05, 0.1) is 8.07 Å². The molecule has 0 fully saturated rings. The van der Waals surface area contributed by atoms with E-state index < -0.39 is 8.07 Å². The van der Waals surface area contributed by atoms with E-state index in [-0.39, 0.29) is 0 Å². The fourth-order valence-corrected chi connectivity index (χ4v) is 4.64. The zero-order valence-electron chi connectivity index (χ0n) is 11.6. The minimum absolute atomic E-state index is 0.927. The molecule has 0 amide bonds. The van der Waals surface area contributed by atoms with Gasteiger partial charge in [-0.3, -0.25) is 0 Å². The Bertz CT molecular complexity index is 544. The lowest BCUT2D eigenvalue weighted by Crippen LogP contribution is -2.33. The zero-order chi connectivity index (χ0) is 13.7. The molecular formula is C16H19OPSi. The predicted octanol–water partition coefficient (Wildman–Crippen LogP) is 5.02. The molecule has 0 N–H and O–H groups in total. The van der Waals surface area contributed by atoms with Crippen molar-refractivity contribution in [1.82, 2.24) is 0 Å². The quantitative estimate of drug-likeness (QED) is 0.566. The highest BCUT2D eigenvalue weighted by atomic mass is 31.1. The van der Waals surface area contributed by atoms with Crippen LogP contribution in [-0.4, -0.2) is 13.0 Å². The highest BCUT2D eigenvalue weighted by Crippen LogP contribution is 2.23. The monoisotopic (exact) mass is 286 g/mol. The summed E-state index contributed by atoms with van der Waals surface area (Å²) < 4.78 is 5.92. The molecular weight excluding hydrogens is 267 g/mol. The van der Waals surface area contributed by atoms with Gasteiger partial charge in [-0.05, 0) is 17.7 Å². The number of para-hydroxylation sites is 1. The van der Waals surface area contributed by atoms with E-state index in [0.29, 0.717) is 0 Å². The Morgan fingerprint density at radius 1 is 0.842 bits per heavy atom. The van der Waals surface area contributed by atoms with Crippen molar-refractivity contribution >= 4 is 21.4 Å². The summed E-state index contributed by atoms with van der Waals surface area (Å²) >= 11 is 0. The van der Waals surface area contributed by atoms with Crippen molar-refractivity contribution in [3.05, 3.63) is 66.2 Å². The van der Waals surface area contributed by atoms with Crippen LogP contribution in [0.4, 0.5) is 0 Å². The van der Waals surface area contributed by atoms with Gasteiger partial charge in [0, 0.05) is 4.92 Å². The Kier molecular flexibility index (Phi) is 4.57. The van der Waals surface area contributed by atoms with Crippen LogP contribution in [0.2, 0.25) is 19.6 Å². The van der Waals surface area contributed by atoms with E-state index in [1.165, 1.54) is 10.5 Å². The van der Waals surface area contributed by atoms with Gasteiger partial charge in [-0.25, -0.2) is 0 Å². The van der Waals surface area contributed by atoms with Crippen LogP contribution in [0, 0.1) is 0 Å². The fourth-order valence-electron chi connectivity index (χ4n) is 1.80. The third-order valence-electron chi connectivity index (χ3n) is 2.74. The number of rotatable bonds is 4. The highest BCUT2D eigenvalue weighted by molar-refractivity contribution is 7.48. The van der Waals surface area contributed by atoms with Crippen molar-refractivity contribution in [2.75, 3.05) is 0 Å². The van der Waals surface area contributed by atoms with Crippen LogP contribution in [0.25, 0.3) is 0 Å². The first kappa shape index (κ1) is 14.0. The Labute approximate surface area is 118 Å². The standard InChI is InChI=1S/C16H19OPSi/c1-19(2,3)16(14-10-6-4-7-11-14)18-17-15-12-8-5-9-13-15/h4-13H,1-3H3. The third kappa shape index (κ3) is 4.05. The molecule has 2 aromatic carbocycles. The summed E-state index contributed by atoms with van der Waals surface area (Å²) in [5.41, 5.74) is 1.30. The smallest absolute Gasteiger partial charge is 0.131 e. The molecule has 2 rings (SSSR count). The highest BCUT2D eigenvalue weighted by Gasteiger charge is 2.22. The van der Waals surface area contributed by atoms with Crippen LogP contribution in [0.3, 0.4) is 0 Å². The lowest BCUT2D eigenvalue weighted by molar-refractivity contribution is 0.643. The maximum atomic E-state index is 5.92. The van der Waals surface area contributed by atoms with E-state index in [2.05, 4.69) is 50.0 Å². The first-order valence-electron chi connectivity index (χ1n) is 6.43. The molecule has 0 aliphatic rings. The SMILES string of the molecule is C[Si](C)(C)C(=POc1ccccc1)c1ccccc1. The molecule has 2 aromatic rings. The van der Waals surface area contributed by atoms with Crippen LogP contribution in [0.1, 0.15) is 5.56 Å². The van der Waals surface area contributed by atoms with E-state index in [1.54, 1.807) is 0 Å². The molecule has 0 aliphatic heterocycles. The van der Waals surface area contributed by atoms with Crippen molar-refractivity contribution in [2.24, 2.45) is 0 Å². The molecule has 0 heterocycles. The van der Waals surface area contributed by atoms with Gasteiger partial charge in [-0.1, -0.05) is 68.2 Å². The summed E-state index contributed by atoms with van der Waals surface area (Å²) in [7, 11) is -0.441. The van der Waals surface area contributed by atoms with Gasteiger partial charge in [-0.15, -0.1) is 0 Å². The molecule has 0 aliphatic carbocycles. The van der Waals surface area contributed by atoms with E-state index in [0.717, 1.165) is 14.2 Å². The summed E-state index contributed by atoms with van der Waals surface area (Å²) in [5.74, 6) is 0.927. The van der Waals surface area contributed by atoms with Crippen molar-refractivity contribution in [2.45, 2.75) is 19.6 Å². The molecule has 98 valence electrons. The van der Waals surface area contributed by atoms with Gasteiger partial charge in [0.1, 0.15) is 14.2 Å². The Morgan fingerprint density at radius 3 is 1.89 bits per heavy atom. The summed E-state index contributed by atoms with van der Waals surface area (Å²) in [6.07, 6.45) is 0. The van der Waals surface area contributed by atoms with Crippen molar-refractivity contribution in [3.63, 3.8) is 0 Å². The number of hydrogen-bond acceptors (Lipinski definition) is 1. The fraction of sp³-hybridized carbons (Fsp3) is 0.188. The van der Waals surface area contributed by atoms with Crippen LogP contribution in [0.5, 0.6) is 5.75 Å². The average molecular weight is 286 g/mol. The molecule has 3 heteroatoms. The topological polar surface area (TPSA) is 9.23 Å². The number of hydrogen-bond donors (Lipinski definition) is 0. The van der Waals surface area contributed by atoms with E-state index in [4.69, 9.17) is 4.52 Å². The minimum atomic E-state index is -1.40. The van der Waals surface area contributed by atoms with Crippen LogP contribution >= 0.6 is 8.43 Å². The molecule has 19 heavy (non-hydrogen) atoms. The van der Waals surface area contributed by atoms with Gasteiger partial charge in [0.2, 0.25) is 0 Å². The van der Waals surface area contributed by atoms with Crippen LogP contribution in [-0.2, 0) is 0 Å². The molecule has 0 atom stereocenters. The summed E-state index contributed by atoms with van der Waals surface area (Å²) in [5, 5.41) is 0. The Hall–Kier alpha value is -1.37. The Balaban J connectivity index is 2.29. The van der Waals surface area contributed by atoms with E-state index in [1.807, 2.05) is 30.3 Å². The second-order valence-electron chi connectivity index (χ2n) is 5.46. The van der Waals surface area contributed by atoms with Gasteiger partial charge in [0.25, 0.3) is 0 Å². The van der Waals surface area contributed by atoms with Crippen molar-refractivity contribution in [3.8, 4) is 5.75 Å². The first-order chi connectivity index (χ1) is 9.07. The first-order valence-corrected chi connectivity index (χ1v) is 10.7. The summed E-state index contributed by atoms with van der Waals surface area (Å²) in [6.45, 7) is 7.07. The number of benzene rings is 2. The molecule has 0 saturated heterocycles. The molecule has 0 unspecified atom stereocenters. The normalized spacial score (nSPS) is 12.3. The van der Waals surface area contributed by atoms with Gasteiger partial charge >= 0.3 is 0 Å². The molecule has 0 saturated carbocycles. The van der Waals surface area contributed by atoms with Gasteiger partial charge in [0.15, 0.2) is 0 Å². The predicted molar refractivity (Wildman–Crippen MR) is 87.9 cm³/mol. The van der Waals surface area contributed by atoms with Gasteiger partial charge in [-0.2, -0.15) is 0 Å². The van der Waals surface area contributed by atoms with Crippen LogP contribution < -0.4 is 4.52 Å². The third-order valence-corrected chi connectivity index (χ3v) is 7.48. The largest absolute Gasteiger partial charge is 0.440 e. The molecule has 0 spiro atoms. The maximum Gasteiger partial charge on any atom is 0.131 e. The van der Waals surface area contributed by atoms with E-state index >= 15 is 0 Å². The second-order valence-corrected chi connectivity index (χ2v) is 11.7.